The Hall–Kier alpha value is -1.60. The Morgan fingerprint density at radius 2 is 1.96 bits per heavy atom. The lowest BCUT2D eigenvalue weighted by molar-refractivity contribution is -0.118. The molecule has 1 amide bonds. The number of nitrogens with zero attached hydrogens (tertiary/aromatic N) is 2. The van der Waals surface area contributed by atoms with E-state index in [1.165, 1.54) is 41.5 Å². The summed E-state index contributed by atoms with van der Waals surface area (Å²) in [6, 6.07) is 8.42. The molecule has 0 aliphatic heterocycles. The molecule has 2 aromatic rings. The second-order valence-corrected chi connectivity index (χ2v) is 7.64. The summed E-state index contributed by atoms with van der Waals surface area (Å²) in [4.78, 5) is 11.6. The summed E-state index contributed by atoms with van der Waals surface area (Å²) in [5.74, 6) is 0.412. The molecule has 5 nitrogen and oxygen atoms in total. The van der Waals surface area contributed by atoms with Crippen LogP contribution in [0.1, 0.15) is 38.7 Å². The summed E-state index contributed by atoms with van der Waals surface area (Å²) in [5.41, 5.74) is 2.36. The number of amides is 1. The SMILES string of the molecule is CCCCc1ccc(Nc2nnc(SCC(=O)NCCC)s2)cc1. The number of carbonyl (C=O) groups is 1. The Morgan fingerprint density at radius 3 is 2.67 bits per heavy atom. The van der Waals surface area contributed by atoms with Crippen molar-refractivity contribution in [3.8, 4) is 0 Å². The lowest BCUT2D eigenvalue weighted by atomic mass is 10.1. The van der Waals surface area contributed by atoms with E-state index in [0.29, 0.717) is 5.75 Å². The Labute approximate surface area is 151 Å². The minimum atomic E-state index is 0.0363. The zero-order chi connectivity index (χ0) is 17.2. The number of anilines is 2. The fourth-order valence-corrected chi connectivity index (χ4v) is 3.62. The zero-order valence-electron chi connectivity index (χ0n) is 14.2. The molecule has 0 saturated heterocycles. The molecule has 0 spiro atoms. The highest BCUT2D eigenvalue weighted by Crippen LogP contribution is 2.27. The van der Waals surface area contributed by atoms with Crippen molar-refractivity contribution in [2.45, 2.75) is 43.9 Å². The van der Waals surface area contributed by atoms with E-state index in [2.05, 4.69) is 52.0 Å². The summed E-state index contributed by atoms with van der Waals surface area (Å²) in [5, 5.41) is 15.1. The molecular formula is C17H24N4OS2. The molecule has 1 aromatic heterocycles. The van der Waals surface area contributed by atoms with Gasteiger partial charge in [0.15, 0.2) is 4.34 Å². The van der Waals surface area contributed by atoms with E-state index in [-0.39, 0.29) is 5.91 Å². The molecule has 2 rings (SSSR count). The van der Waals surface area contributed by atoms with Crippen LogP contribution < -0.4 is 10.6 Å². The maximum atomic E-state index is 11.6. The number of hydrogen-bond donors (Lipinski definition) is 2. The molecule has 0 aliphatic carbocycles. The molecule has 0 atom stereocenters. The van der Waals surface area contributed by atoms with E-state index in [4.69, 9.17) is 0 Å². The van der Waals surface area contributed by atoms with E-state index in [0.717, 1.165) is 34.5 Å². The minimum Gasteiger partial charge on any atom is -0.355 e. The van der Waals surface area contributed by atoms with Crippen molar-refractivity contribution >= 4 is 39.8 Å². The van der Waals surface area contributed by atoms with Gasteiger partial charge in [-0.05, 0) is 37.0 Å². The van der Waals surface area contributed by atoms with Gasteiger partial charge in [-0.15, -0.1) is 10.2 Å². The topological polar surface area (TPSA) is 66.9 Å². The van der Waals surface area contributed by atoms with Crippen LogP contribution in [0.2, 0.25) is 0 Å². The predicted octanol–water partition coefficient (Wildman–Crippen LogP) is 4.24. The number of thioether (sulfide) groups is 1. The summed E-state index contributed by atoms with van der Waals surface area (Å²) in [7, 11) is 0. The first-order chi connectivity index (χ1) is 11.7. The molecule has 130 valence electrons. The summed E-state index contributed by atoms with van der Waals surface area (Å²) in [6.07, 6.45) is 4.49. The quantitative estimate of drug-likeness (QED) is 0.617. The molecular weight excluding hydrogens is 340 g/mol. The lowest BCUT2D eigenvalue weighted by Gasteiger charge is -2.04. The first-order valence-corrected chi connectivity index (χ1v) is 10.1. The molecule has 24 heavy (non-hydrogen) atoms. The molecule has 1 aromatic carbocycles. The van der Waals surface area contributed by atoms with Gasteiger partial charge < -0.3 is 10.6 Å². The maximum Gasteiger partial charge on any atom is 0.230 e. The molecule has 0 saturated carbocycles. The average Bonchev–Trinajstić information content (AvgIpc) is 3.05. The van der Waals surface area contributed by atoms with Crippen molar-refractivity contribution in [3.05, 3.63) is 29.8 Å². The van der Waals surface area contributed by atoms with Gasteiger partial charge in [0.2, 0.25) is 11.0 Å². The molecule has 0 aliphatic rings. The van der Waals surface area contributed by atoms with Crippen molar-refractivity contribution in [1.82, 2.24) is 15.5 Å². The maximum absolute atomic E-state index is 11.6. The number of rotatable bonds is 10. The summed E-state index contributed by atoms with van der Waals surface area (Å²) < 4.78 is 0.795. The smallest absolute Gasteiger partial charge is 0.230 e. The zero-order valence-corrected chi connectivity index (χ0v) is 15.8. The highest BCUT2D eigenvalue weighted by molar-refractivity contribution is 8.01. The van der Waals surface area contributed by atoms with Crippen molar-refractivity contribution in [1.29, 1.82) is 0 Å². The average molecular weight is 365 g/mol. The Bertz CT molecular complexity index is 628. The molecule has 0 fully saturated rings. The van der Waals surface area contributed by atoms with Crippen LogP contribution in [0, 0.1) is 0 Å². The van der Waals surface area contributed by atoms with Crippen LogP contribution in [-0.2, 0) is 11.2 Å². The lowest BCUT2D eigenvalue weighted by Crippen LogP contribution is -2.25. The van der Waals surface area contributed by atoms with Gasteiger partial charge in [0.25, 0.3) is 0 Å². The van der Waals surface area contributed by atoms with Crippen LogP contribution in [0.5, 0.6) is 0 Å². The molecule has 0 radical (unpaired) electrons. The second-order valence-electron chi connectivity index (χ2n) is 5.44. The molecule has 0 bridgehead atoms. The van der Waals surface area contributed by atoms with Crippen molar-refractivity contribution in [3.63, 3.8) is 0 Å². The fourth-order valence-electron chi connectivity index (χ4n) is 2.02. The first-order valence-electron chi connectivity index (χ1n) is 8.30. The van der Waals surface area contributed by atoms with Crippen LogP contribution in [0.4, 0.5) is 10.8 Å². The van der Waals surface area contributed by atoms with E-state index in [9.17, 15) is 4.79 Å². The Balaban J connectivity index is 1.81. The van der Waals surface area contributed by atoms with Gasteiger partial charge in [-0.2, -0.15) is 0 Å². The molecule has 7 heteroatoms. The number of carbonyl (C=O) groups excluding carboxylic acids is 1. The third-order valence-corrected chi connectivity index (χ3v) is 5.30. The van der Waals surface area contributed by atoms with E-state index in [1.807, 2.05) is 6.92 Å². The number of benzene rings is 1. The van der Waals surface area contributed by atoms with Crippen molar-refractivity contribution in [2.75, 3.05) is 17.6 Å². The minimum absolute atomic E-state index is 0.0363. The largest absolute Gasteiger partial charge is 0.355 e. The van der Waals surface area contributed by atoms with Gasteiger partial charge in [0.1, 0.15) is 0 Å². The van der Waals surface area contributed by atoms with Crippen molar-refractivity contribution in [2.24, 2.45) is 0 Å². The van der Waals surface area contributed by atoms with Gasteiger partial charge in [-0.3, -0.25) is 4.79 Å². The third-order valence-electron chi connectivity index (χ3n) is 3.33. The van der Waals surface area contributed by atoms with Crippen molar-refractivity contribution < 1.29 is 4.79 Å². The van der Waals surface area contributed by atoms with Gasteiger partial charge in [-0.1, -0.05) is 55.5 Å². The van der Waals surface area contributed by atoms with Crippen LogP contribution in [-0.4, -0.2) is 28.4 Å². The molecule has 0 unspecified atom stereocenters. The Morgan fingerprint density at radius 1 is 1.17 bits per heavy atom. The highest BCUT2D eigenvalue weighted by Gasteiger charge is 2.08. The van der Waals surface area contributed by atoms with Gasteiger partial charge in [0.05, 0.1) is 5.75 Å². The second kappa shape index (κ2) is 10.3. The molecule has 2 N–H and O–H groups in total. The number of hydrogen-bond acceptors (Lipinski definition) is 6. The third kappa shape index (κ3) is 6.49. The van der Waals surface area contributed by atoms with E-state index < -0.39 is 0 Å². The van der Waals surface area contributed by atoms with Crippen LogP contribution >= 0.6 is 23.1 Å². The summed E-state index contributed by atoms with van der Waals surface area (Å²) >= 11 is 2.88. The number of aryl methyl sites for hydroxylation is 1. The number of unbranched alkanes of at least 4 members (excludes halogenated alkanes) is 1. The normalized spacial score (nSPS) is 10.6. The van der Waals surface area contributed by atoms with Crippen LogP contribution in [0.15, 0.2) is 28.6 Å². The fraction of sp³-hybridized carbons (Fsp3) is 0.471. The standard InChI is InChI=1S/C17H24N4OS2/c1-3-5-6-13-7-9-14(10-8-13)19-16-20-21-17(24-16)23-12-15(22)18-11-4-2/h7-10H,3-6,11-12H2,1-2H3,(H,18,22)(H,19,20). The van der Waals surface area contributed by atoms with Crippen LogP contribution in [0.3, 0.4) is 0 Å². The molecule has 1 heterocycles. The monoisotopic (exact) mass is 364 g/mol. The van der Waals surface area contributed by atoms with E-state index >= 15 is 0 Å². The summed E-state index contributed by atoms with van der Waals surface area (Å²) in [6.45, 7) is 4.96. The number of nitrogens with one attached hydrogen (secondary N) is 2. The Kier molecular flexibility index (Phi) is 8.04. The van der Waals surface area contributed by atoms with Gasteiger partial charge >= 0.3 is 0 Å². The van der Waals surface area contributed by atoms with E-state index in [1.54, 1.807) is 0 Å². The van der Waals surface area contributed by atoms with Crippen LogP contribution in [0.25, 0.3) is 0 Å². The highest BCUT2D eigenvalue weighted by atomic mass is 32.2. The number of aromatic nitrogens is 2. The predicted molar refractivity (Wildman–Crippen MR) is 102 cm³/mol. The van der Waals surface area contributed by atoms with Gasteiger partial charge in [0, 0.05) is 12.2 Å². The first kappa shape index (κ1) is 18.7. The van der Waals surface area contributed by atoms with Gasteiger partial charge in [-0.25, -0.2) is 0 Å².